The van der Waals surface area contributed by atoms with E-state index in [1.54, 1.807) is 0 Å². The maximum Gasteiger partial charge on any atom is 0.255 e. The zero-order valence-corrected chi connectivity index (χ0v) is 15.3. The van der Waals surface area contributed by atoms with Crippen molar-refractivity contribution in [3.8, 4) is 0 Å². The lowest BCUT2D eigenvalue weighted by atomic mass is 10.0. The average molecular weight is 376 g/mol. The smallest absolute Gasteiger partial charge is 0.255 e. The molecule has 0 aliphatic carbocycles. The summed E-state index contributed by atoms with van der Waals surface area (Å²) in [5.41, 5.74) is 0.802. The van der Waals surface area contributed by atoms with Gasteiger partial charge in [-0.25, -0.2) is 12.8 Å². The lowest BCUT2D eigenvalue weighted by molar-refractivity contribution is 0.102. The van der Waals surface area contributed by atoms with Crippen molar-refractivity contribution in [2.75, 3.05) is 18.4 Å². The van der Waals surface area contributed by atoms with E-state index in [4.69, 9.17) is 0 Å². The molecule has 0 saturated carbocycles. The van der Waals surface area contributed by atoms with Crippen LogP contribution in [0.15, 0.2) is 53.4 Å². The van der Waals surface area contributed by atoms with Crippen molar-refractivity contribution in [1.29, 1.82) is 0 Å². The molecule has 1 fully saturated rings. The van der Waals surface area contributed by atoms with Gasteiger partial charge in [-0.1, -0.05) is 6.92 Å². The summed E-state index contributed by atoms with van der Waals surface area (Å²) in [6.07, 6.45) is 1.90. The molecule has 1 atom stereocenters. The van der Waals surface area contributed by atoms with E-state index < -0.39 is 10.0 Å². The predicted octanol–water partition coefficient (Wildman–Crippen LogP) is 3.50. The number of halogens is 1. The van der Waals surface area contributed by atoms with Crippen LogP contribution in [0.4, 0.5) is 10.1 Å². The Bertz CT molecular complexity index is 880. The van der Waals surface area contributed by atoms with Crippen LogP contribution in [-0.4, -0.2) is 31.7 Å². The summed E-state index contributed by atoms with van der Waals surface area (Å²) in [6.45, 7) is 3.10. The number of hydrogen-bond donors (Lipinski definition) is 1. The summed E-state index contributed by atoms with van der Waals surface area (Å²) in [7, 11) is -3.54. The molecular weight excluding hydrogens is 355 g/mol. The number of amides is 1. The van der Waals surface area contributed by atoms with Crippen molar-refractivity contribution in [2.45, 2.75) is 24.7 Å². The third kappa shape index (κ3) is 4.11. The molecule has 0 unspecified atom stereocenters. The van der Waals surface area contributed by atoms with E-state index in [1.807, 2.05) is 6.92 Å². The van der Waals surface area contributed by atoms with Crippen LogP contribution in [0.3, 0.4) is 0 Å². The molecule has 7 heteroatoms. The molecular formula is C19H21FN2O3S. The first-order valence-corrected chi connectivity index (χ1v) is 9.97. The SMILES string of the molecule is C[C@@H]1CCCN(S(=O)(=O)c2ccc(C(=O)Nc3ccc(F)cc3)cc2)C1. The molecule has 3 rings (SSSR count). The van der Waals surface area contributed by atoms with Crippen LogP contribution in [0.2, 0.25) is 0 Å². The first-order valence-electron chi connectivity index (χ1n) is 8.53. The molecule has 0 bridgehead atoms. The zero-order chi connectivity index (χ0) is 18.7. The van der Waals surface area contributed by atoms with Gasteiger partial charge in [0, 0.05) is 24.3 Å². The second-order valence-corrected chi connectivity index (χ2v) is 8.53. The van der Waals surface area contributed by atoms with Gasteiger partial charge in [0.2, 0.25) is 10.0 Å². The highest BCUT2D eigenvalue weighted by molar-refractivity contribution is 7.89. The molecule has 1 saturated heterocycles. The first kappa shape index (κ1) is 18.5. The fourth-order valence-corrected chi connectivity index (χ4v) is 4.63. The highest BCUT2D eigenvalue weighted by Gasteiger charge is 2.28. The van der Waals surface area contributed by atoms with Gasteiger partial charge in [0.25, 0.3) is 5.91 Å². The minimum absolute atomic E-state index is 0.185. The van der Waals surface area contributed by atoms with Crippen molar-refractivity contribution in [3.05, 3.63) is 59.9 Å². The van der Waals surface area contributed by atoms with Crippen molar-refractivity contribution in [3.63, 3.8) is 0 Å². The minimum Gasteiger partial charge on any atom is -0.322 e. The van der Waals surface area contributed by atoms with Gasteiger partial charge in [0.05, 0.1) is 4.90 Å². The average Bonchev–Trinajstić information content (AvgIpc) is 2.64. The molecule has 2 aromatic carbocycles. The van der Waals surface area contributed by atoms with E-state index in [1.165, 1.54) is 52.8 Å². The first-order chi connectivity index (χ1) is 12.4. The normalized spacial score (nSPS) is 18.5. The van der Waals surface area contributed by atoms with Gasteiger partial charge in [0.1, 0.15) is 5.82 Å². The number of nitrogens with one attached hydrogen (secondary N) is 1. The molecule has 1 amide bonds. The Kier molecular flexibility index (Phi) is 5.38. The summed E-state index contributed by atoms with van der Waals surface area (Å²) >= 11 is 0. The third-order valence-electron chi connectivity index (χ3n) is 4.48. The molecule has 138 valence electrons. The Balaban J connectivity index is 1.73. The van der Waals surface area contributed by atoms with Crippen LogP contribution >= 0.6 is 0 Å². The number of carbonyl (C=O) groups excluding carboxylic acids is 1. The van der Waals surface area contributed by atoms with Crippen molar-refractivity contribution >= 4 is 21.6 Å². The Morgan fingerprint density at radius 3 is 2.38 bits per heavy atom. The lowest BCUT2D eigenvalue weighted by Crippen LogP contribution is -2.39. The monoisotopic (exact) mass is 376 g/mol. The summed E-state index contributed by atoms with van der Waals surface area (Å²) in [4.78, 5) is 12.4. The molecule has 26 heavy (non-hydrogen) atoms. The molecule has 1 aliphatic heterocycles. The van der Waals surface area contributed by atoms with Gasteiger partial charge >= 0.3 is 0 Å². The Labute approximate surface area is 152 Å². The lowest BCUT2D eigenvalue weighted by Gasteiger charge is -2.30. The van der Waals surface area contributed by atoms with E-state index in [9.17, 15) is 17.6 Å². The molecule has 0 spiro atoms. The number of nitrogens with zero attached hydrogens (tertiary/aromatic N) is 1. The summed E-state index contributed by atoms with van der Waals surface area (Å²) < 4.78 is 39.9. The number of benzene rings is 2. The zero-order valence-electron chi connectivity index (χ0n) is 14.5. The van der Waals surface area contributed by atoms with Gasteiger partial charge in [0.15, 0.2) is 0 Å². The van der Waals surface area contributed by atoms with Crippen molar-refractivity contribution < 1.29 is 17.6 Å². The maximum absolute atomic E-state index is 12.9. The second-order valence-electron chi connectivity index (χ2n) is 6.60. The molecule has 5 nitrogen and oxygen atoms in total. The molecule has 1 aliphatic rings. The van der Waals surface area contributed by atoms with Gasteiger partial charge < -0.3 is 5.32 Å². The van der Waals surface area contributed by atoms with Gasteiger partial charge in [-0.3, -0.25) is 4.79 Å². The summed E-state index contributed by atoms with van der Waals surface area (Å²) in [6, 6.07) is 11.3. The van der Waals surface area contributed by atoms with Gasteiger partial charge in [-0.2, -0.15) is 4.31 Å². The van der Waals surface area contributed by atoms with Crippen LogP contribution in [0, 0.1) is 11.7 Å². The number of piperidine rings is 1. The number of sulfonamides is 1. The number of anilines is 1. The fraction of sp³-hybridized carbons (Fsp3) is 0.316. The van der Waals surface area contributed by atoms with Crippen LogP contribution in [0.5, 0.6) is 0 Å². The Morgan fingerprint density at radius 1 is 1.12 bits per heavy atom. The topological polar surface area (TPSA) is 66.5 Å². The number of carbonyl (C=O) groups is 1. The van der Waals surface area contributed by atoms with E-state index in [0.29, 0.717) is 30.3 Å². The molecule has 1 N–H and O–H groups in total. The van der Waals surface area contributed by atoms with Crippen LogP contribution in [-0.2, 0) is 10.0 Å². The van der Waals surface area contributed by atoms with Gasteiger partial charge in [-0.15, -0.1) is 0 Å². The Morgan fingerprint density at radius 2 is 1.77 bits per heavy atom. The van der Waals surface area contributed by atoms with Crippen LogP contribution < -0.4 is 5.32 Å². The highest BCUT2D eigenvalue weighted by atomic mass is 32.2. The number of rotatable bonds is 4. The van der Waals surface area contributed by atoms with E-state index >= 15 is 0 Å². The minimum atomic E-state index is -3.54. The second kappa shape index (κ2) is 7.55. The van der Waals surface area contributed by atoms with Gasteiger partial charge in [-0.05, 0) is 67.3 Å². The Hall–Kier alpha value is -2.25. The summed E-state index contributed by atoms with van der Waals surface area (Å²) in [5.74, 6) is -0.420. The molecule has 0 radical (unpaired) electrons. The fourth-order valence-electron chi connectivity index (χ4n) is 3.03. The van der Waals surface area contributed by atoms with Crippen molar-refractivity contribution in [2.24, 2.45) is 5.92 Å². The molecule has 1 heterocycles. The van der Waals surface area contributed by atoms with E-state index in [-0.39, 0.29) is 16.6 Å². The third-order valence-corrected chi connectivity index (χ3v) is 6.36. The van der Waals surface area contributed by atoms with Crippen molar-refractivity contribution in [1.82, 2.24) is 4.31 Å². The van der Waals surface area contributed by atoms with Crippen LogP contribution in [0.1, 0.15) is 30.1 Å². The highest BCUT2D eigenvalue weighted by Crippen LogP contribution is 2.23. The summed E-state index contributed by atoms with van der Waals surface area (Å²) in [5, 5.41) is 2.65. The predicted molar refractivity (Wildman–Crippen MR) is 98.0 cm³/mol. The largest absolute Gasteiger partial charge is 0.322 e. The van der Waals surface area contributed by atoms with Crippen LogP contribution in [0.25, 0.3) is 0 Å². The van der Waals surface area contributed by atoms with E-state index in [0.717, 1.165) is 12.8 Å². The quantitative estimate of drug-likeness (QED) is 0.888. The number of hydrogen-bond acceptors (Lipinski definition) is 3. The maximum atomic E-state index is 12.9. The standard InChI is InChI=1S/C19H21FN2O3S/c1-14-3-2-12-22(13-14)26(24,25)18-10-4-15(5-11-18)19(23)21-17-8-6-16(20)7-9-17/h4-11,14H,2-3,12-13H2,1H3,(H,21,23)/t14-/m1/s1. The molecule has 2 aromatic rings. The molecule has 0 aromatic heterocycles. The van der Waals surface area contributed by atoms with E-state index in [2.05, 4.69) is 5.32 Å².